The number of Topliss-reactive ketones (excluding diaryl/α,β-unsaturated/α-hetero) is 1. The predicted octanol–water partition coefficient (Wildman–Crippen LogP) is 4.58. The van der Waals surface area contributed by atoms with Crippen molar-refractivity contribution in [1.82, 2.24) is 15.5 Å². The number of likely N-dealkylation sites (tertiary alicyclic amines) is 1. The van der Waals surface area contributed by atoms with Crippen molar-refractivity contribution in [2.75, 3.05) is 19.6 Å². The molecule has 1 aliphatic carbocycles. The van der Waals surface area contributed by atoms with Crippen LogP contribution >= 0.6 is 0 Å². The third-order valence-corrected chi connectivity index (χ3v) is 7.74. The van der Waals surface area contributed by atoms with Gasteiger partial charge in [-0.05, 0) is 42.5 Å². The molecular weight excluding hydrogens is 488 g/mol. The Morgan fingerprint density at radius 3 is 2.42 bits per heavy atom. The molecule has 0 radical (unpaired) electrons. The van der Waals surface area contributed by atoms with Crippen molar-refractivity contribution in [1.29, 1.82) is 0 Å². The number of nitrogens with zero attached hydrogens (tertiary/aromatic N) is 1. The molecule has 1 atom stereocenters. The van der Waals surface area contributed by atoms with Gasteiger partial charge in [0.05, 0.1) is 12.6 Å². The maximum Gasteiger partial charge on any atom is 0.251 e. The number of amides is 2. The van der Waals surface area contributed by atoms with Gasteiger partial charge < -0.3 is 15.5 Å². The summed E-state index contributed by atoms with van der Waals surface area (Å²) in [6.45, 7) is 5.02. The predicted molar refractivity (Wildman–Crippen MR) is 142 cm³/mol. The van der Waals surface area contributed by atoms with Gasteiger partial charge in [-0.3, -0.25) is 14.4 Å². The molecule has 0 bridgehead atoms. The summed E-state index contributed by atoms with van der Waals surface area (Å²) in [5.41, 5.74) is 1.80. The Morgan fingerprint density at radius 1 is 1.00 bits per heavy atom. The van der Waals surface area contributed by atoms with Gasteiger partial charge in [-0.15, -0.1) is 0 Å². The maximum absolute atomic E-state index is 13.8. The number of hydrogen-bond acceptors (Lipinski definition) is 4. The molecule has 1 aliphatic heterocycles. The van der Waals surface area contributed by atoms with Crippen LogP contribution in [0.3, 0.4) is 0 Å². The number of nitrogens with one attached hydrogen (secondary N) is 2. The lowest BCUT2D eigenvalue weighted by atomic mass is 9.80. The zero-order valence-electron chi connectivity index (χ0n) is 22.1. The second-order valence-electron chi connectivity index (χ2n) is 10.9. The van der Waals surface area contributed by atoms with Gasteiger partial charge in [0.1, 0.15) is 11.6 Å². The van der Waals surface area contributed by atoms with Crippen molar-refractivity contribution >= 4 is 17.6 Å². The highest BCUT2D eigenvalue weighted by molar-refractivity contribution is 5.98. The second kappa shape index (κ2) is 12.6. The van der Waals surface area contributed by atoms with Gasteiger partial charge in [0.15, 0.2) is 5.78 Å². The zero-order chi connectivity index (χ0) is 27.2. The molecule has 2 fully saturated rings. The van der Waals surface area contributed by atoms with Crippen molar-refractivity contribution in [2.45, 2.75) is 64.5 Å². The molecule has 0 unspecified atom stereocenters. The molecule has 2 amide bonds. The van der Waals surface area contributed by atoms with Gasteiger partial charge in [-0.2, -0.15) is 0 Å². The molecule has 0 aromatic heterocycles. The van der Waals surface area contributed by atoms with E-state index in [1.165, 1.54) is 18.6 Å². The summed E-state index contributed by atoms with van der Waals surface area (Å²) in [4.78, 5) is 40.3. The Hall–Kier alpha value is -3.13. The Bertz CT molecular complexity index is 1160. The summed E-state index contributed by atoms with van der Waals surface area (Å²) in [5.74, 6) is -1.36. The number of rotatable bonds is 10. The lowest BCUT2D eigenvalue weighted by molar-refractivity contribution is -0.134. The van der Waals surface area contributed by atoms with E-state index in [2.05, 4.69) is 10.6 Å². The molecule has 2 aliphatic rings. The fourth-order valence-corrected chi connectivity index (χ4v) is 5.38. The van der Waals surface area contributed by atoms with Gasteiger partial charge >= 0.3 is 0 Å². The van der Waals surface area contributed by atoms with Crippen molar-refractivity contribution in [2.24, 2.45) is 11.8 Å². The van der Waals surface area contributed by atoms with E-state index in [-0.39, 0.29) is 48.4 Å². The number of halogens is 2. The normalized spacial score (nSPS) is 17.2. The Labute approximate surface area is 223 Å². The second-order valence-corrected chi connectivity index (χ2v) is 10.9. The van der Waals surface area contributed by atoms with Crippen LogP contribution in [-0.2, 0) is 16.1 Å². The Morgan fingerprint density at radius 2 is 1.74 bits per heavy atom. The van der Waals surface area contributed by atoms with Crippen LogP contribution in [-0.4, -0.2) is 48.2 Å². The first kappa shape index (κ1) is 27.9. The van der Waals surface area contributed by atoms with Crippen molar-refractivity contribution in [3.05, 3.63) is 70.8 Å². The molecule has 6 nitrogen and oxygen atoms in total. The highest BCUT2D eigenvalue weighted by Crippen LogP contribution is 2.30. The molecule has 204 valence electrons. The molecule has 1 saturated carbocycles. The van der Waals surface area contributed by atoms with E-state index in [0.717, 1.165) is 37.3 Å². The smallest absolute Gasteiger partial charge is 0.251 e. The van der Waals surface area contributed by atoms with Gasteiger partial charge in [-0.1, -0.05) is 51.3 Å². The molecule has 8 heteroatoms. The minimum absolute atomic E-state index is 0.0540. The number of ketones is 1. The van der Waals surface area contributed by atoms with Crippen LogP contribution in [0.15, 0.2) is 42.5 Å². The summed E-state index contributed by atoms with van der Waals surface area (Å²) in [6.07, 6.45) is 5.28. The van der Waals surface area contributed by atoms with Crippen LogP contribution in [0, 0.1) is 23.5 Å². The van der Waals surface area contributed by atoms with E-state index in [0.29, 0.717) is 24.2 Å². The fraction of sp³-hybridized carbons (Fsp3) is 0.500. The molecule has 0 spiro atoms. The molecule has 1 saturated heterocycles. The van der Waals surface area contributed by atoms with Gasteiger partial charge in [0, 0.05) is 48.7 Å². The minimum atomic E-state index is -0.642. The number of benzene rings is 2. The third-order valence-electron chi connectivity index (χ3n) is 7.74. The minimum Gasteiger partial charge on any atom is -0.342 e. The van der Waals surface area contributed by atoms with E-state index in [9.17, 15) is 23.2 Å². The van der Waals surface area contributed by atoms with Crippen LogP contribution < -0.4 is 10.6 Å². The van der Waals surface area contributed by atoms with Crippen molar-refractivity contribution in [3.8, 4) is 0 Å². The van der Waals surface area contributed by atoms with Crippen molar-refractivity contribution in [3.63, 3.8) is 0 Å². The third kappa shape index (κ3) is 6.84. The quantitative estimate of drug-likeness (QED) is 0.476. The fourth-order valence-electron chi connectivity index (χ4n) is 5.38. The van der Waals surface area contributed by atoms with Crippen LogP contribution in [0.4, 0.5) is 8.78 Å². The van der Waals surface area contributed by atoms with E-state index in [1.807, 2.05) is 32.0 Å². The molecule has 2 aromatic carbocycles. The van der Waals surface area contributed by atoms with Crippen LogP contribution in [0.25, 0.3) is 0 Å². The molecule has 2 N–H and O–H groups in total. The lowest BCUT2D eigenvalue weighted by Crippen LogP contribution is -2.51. The van der Waals surface area contributed by atoms with Crippen LogP contribution in [0.5, 0.6) is 0 Å². The largest absolute Gasteiger partial charge is 0.342 e. The highest BCUT2D eigenvalue weighted by atomic mass is 19.1. The molecular formula is C30H37F2N3O3. The average molecular weight is 526 g/mol. The van der Waals surface area contributed by atoms with E-state index in [4.69, 9.17) is 0 Å². The first-order valence-electron chi connectivity index (χ1n) is 13.6. The molecule has 38 heavy (non-hydrogen) atoms. The van der Waals surface area contributed by atoms with Gasteiger partial charge in [0.25, 0.3) is 5.91 Å². The Balaban J connectivity index is 1.29. The summed E-state index contributed by atoms with van der Waals surface area (Å²) in [5, 5.41) is 5.97. The summed E-state index contributed by atoms with van der Waals surface area (Å²) in [6, 6.07) is 10.3. The lowest BCUT2D eigenvalue weighted by Gasteiger charge is -2.40. The van der Waals surface area contributed by atoms with E-state index in [1.54, 1.807) is 11.0 Å². The SMILES string of the molecule is CC(C)C(=O)[C@H](NC(=O)c1cccc(C2CN(C(=O)CNCc3ccc(F)cc3F)C2)c1)C1CCCCC1. The maximum atomic E-state index is 13.8. The first-order valence-corrected chi connectivity index (χ1v) is 13.6. The average Bonchev–Trinajstić information content (AvgIpc) is 2.88. The topological polar surface area (TPSA) is 78.5 Å². The van der Waals surface area contributed by atoms with Crippen LogP contribution in [0.2, 0.25) is 0 Å². The zero-order valence-corrected chi connectivity index (χ0v) is 22.1. The van der Waals surface area contributed by atoms with Crippen molar-refractivity contribution < 1.29 is 23.2 Å². The standard InChI is InChI=1S/C30H37F2N3O3/c1-19(2)29(37)28(20-7-4-3-5-8-20)34-30(38)22-10-6-9-21(13-22)24-17-35(18-24)27(36)16-33-15-23-11-12-25(31)14-26(23)32/h6,9-14,19-20,24,28,33H,3-5,7-8,15-18H2,1-2H3,(H,34,38)/t28-/m1/s1. The molecule has 1 heterocycles. The number of hydrogen-bond donors (Lipinski definition) is 2. The Kier molecular flexibility index (Phi) is 9.26. The first-order chi connectivity index (χ1) is 18.2. The summed E-state index contributed by atoms with van der Waals surface area (Å²) >= 11 is 0. The van der Waals surface area contributed by atoms with Gasteiger partial charge in [0.2, 0.25) is 5.91 Å². The summed E-state index contributed by atoms with van der Waals surface area (Å²) < 4.78 is 26.8. The van der Waals surface area contributed by atoms with E-state index >= 15 is 0 Å². The van der Waals surface area contributed by atoms with Gasteiger partial charge in [-0.25, -0.2) is 8.78 Å². The molecule has 2 aromatic rings. The molecule has 4 rings (SSSR count). The van der Waals surface area contributed by atoms with Crippen LogP contribution in [0.1, 0.15) is 73.4 Å². The van der Waals surface area contributed by atoms with E-state index < -0.39 is 17.7 Å². The highest BCUT2D eigenvalue weighted by Gasteiger charge is 2.34. The number of carbonyl (C=O) groups excluding carboxylic acids is 3. The monoisotopic (exact) mass is 525 g/mol. The number of carbonyl (C=O) groups is 3. The summed E-state index contributed by atoms with van der Waals surface area (Å²) in [7, 11) is 0.